The molecule has 9 heavy (non-hydrogen) atoms. The smallest absolute Gasteiger partial charge is 0.166 e. The van der Waals surface area contributed by atoms with E-state index in [1.807, 2.05) is 0 Å². The van der Waals surface area contributed by atoms with Crippen LogP contribution < -0.4 is 10.6 Å². The van der Waals surface area contributed by atoms with Gasteiger partial charge in [-0.2, -0.15) is 0 Å². The standard InChI is InChI=1S/C6H10N2S/c1-3-4-5-8-6(9)7-2/h5H2,1-2H3,(H2,7,8,9). The number of hydrogen-bond acceptors (Lipinski definition) is 1. The van der Waals surface area contributed by atoms with Crippen molar-refractivity contribution in [3.05, 3.63) is 0 Å². The highest BCUT2D eigenvalue weighted by atomic mass is 32.1. The van der Waals surface area contributed by atoms with Crippen LogP contribution in [0, 0.1) is 11.8 Å². The van der Waals surface area contributed by atoms with Crippen molar-refractivity contribution in [1.82, 2.24) is 10.6 Å². The lowest BCUT2D eigenvalue weighted by atomic mass is 10.6. The number of hydrogen-bond donors (Lipinski definition) is 2. The minimum Gasteiger partial charge on any atom is -0.366 e. The van der Waals surface area contributed by atoms with Crippen molar-refractivity contribution in [2.75, 3.05) is 13.6 Å². The van der Waals surface area contributed by atoms with Crippen LogP contribution in [0.25, 0.3) is 0 Å². The Bertz CT molecular complexity index is 143. The molecule has 0 atom stereocenters. The normalized spacial score (nSPS) is 6.89. The van der Waals surface area contributed by atoms with Gasteiger partial charge in [0, 0.05) is 7.05 Å². The van der Waals surface area contributed by atoms with Gasteiger partial charge in [-0.25, -0.2) is 0 Å². The van der Waals surface area contributed by atoms with Gasteiger partial charge in [-0.1, -0.05) is 5.92 Å². The van der Waals surface area contributed by atoms with Crippen molar-refractivity contribution in [2.24, 2.45) is 0 Å². The first-order chi connectivity index (χ1) is 4.31. The average Bonchev–Trinajstić information content (AvgIpc) is 1.89. The van der Waals surface area contributed by atoms with Crippen LogP contribution in [-0.2, 0) is 0 Å². The van der Waals surface area contributed by atoms with Crippen LogP contribution >= 0.6 is 12.2 Å². The monoisotopic (exact) mass is 142 g/mol. The number of nitrogens with one attached hydrogen (secondary N) is 2. The van der Waals surface area contributed by atoms with Crippen LogP contribution in [0.5, 0.6) is 0 Å². The van der Waals surface area contributed by atoms with Crippen LogP contribution in [0.4, 0.5) is 0 Å². The summed E-state index contributed by atoms with van der Waals surface area (Å²) in [4.78, 5) is 0. The maximum atomic E-state index is 4.78. The molecule has 0 aliphatic heterocycles. The van der Waals surface area contributed by atoms with Gasteiger partial charge in [-0.15, -0.1) is 5.92 Å². The Morgan fingerprint density at radius 2 is 2.33 bits per heavy atom. The summed E-state index contributed by atoms with van der Waals surface area (Å²) in [7, 11) is 1.77. The molecule has 0 spiro atoms. The van der Waals surface area contributed by atoms with E-state index in [4.69, 9.17) is 12.2 Å². The molecule has 0 aromatic carbocycles. The molecule has 0 saturated carbocycles. The fourth-order valence-corrected chi connectivity index (χ4v) is 0.373. The Morgan fingerprint density at radius 1 is 1.67 bits per heavy atom. The first-order valence-electron chi connectivity index (χ1n) is 2.66. The molecule has 0 aromatic heterocycles. The largest absolute Gasteiger partial charge is 0.366 e. The molecular formula is C6H10N2S. The summed E-state index contributed by atoms with van der Waals surface area (Å²) in [6, 6.07) is 0. The van der Waals surface area contributed by atoms with Gasteiger partial charge in [-0.3, -0.25) is 0 Å². The predicted octanol–water partition coefficient (Wildman–Crippen LogP) is 0.104. The summed E-state index contributed by atoms with van der Waals surface area (Å²) in [5, 5.41) is 6.29. The summed E-state index contributed by atoms with van der Waals surface area (Å²) in [5.41, 5.74) is 0. The fraction of sp³-hybridized carbons (Fsp3) is 0.500. The number of rotatable bonds is 1. The Balaban J connectivity index is 3.24. The molecule has 50 valence electrons. The van der Waals surface area contributed by atoms with Crippen LogP contribution in [0.2, 0.25) is 0 Å². The van der Waals surface area contributed by atoms with Crippen molar-refractivity contribution in [3.63, 3.8) is 0 Å². The van der Waals surface area contributed by atoms with Gasteiger partial charge in [0.1, 0.15) is 0 Å². The molecule has 0 aliphatic carbocycles. The molecule has 0 radical (unpaired) electrons. The third kappa shape index (κ3) is 5.12. The van der Waals surface area contributed by atoms with E-state index in [0.29, 0.717) is 11.7 Å². The fourth-order valence-electron chi connectivity index (χ4n) is 0.301. The van der Waals surface area contributed by atoms with Crippen molar-refractivity contribution >= 4 is 17.3 Å². The molecule has 3 heteroatoms. The third-order valence-corrected chi connectivity index (χ3v) is 1.09. The highest BCUT2D eigenvalue weighted by Gasteiger charge is 1.82. The lowest BCUT2D eigenvalue weighted by molar-refractivity contribution is 1.01. The first-order valence-corrected chi connectivity index (χ1v) is 3.07. The molecule has 0 aromatic rings. The highest BCUT2D eigenvalue weighted by molar-refractivity contribution is 7.80. The Morgan fingerprint density at radius 3 is 2.78 bits per heavy atom. The van der Waals surface area contributed by atoms with Gasteiger partial charge in [0.15, 0.2) is 5.11 Å². The second kappa shape index (κ2) is 5.39. The second-order valence-electron chi connectivity index (χ2n) is 1.36. The lowest BCUT2D eigenvalue weighted by Gasteiger charge is -2.00. The van der Waals surface area contributed by atoms with E-state index in [-0.39, 0.29) is 0 Å². The predicted molar refractivity (Wildman–Crippen MR) is 43.1 cm³/mol. The lowest BCUT2D eigenvalue weighted by Crippen LogP contribution is -2.32. The molecule has 0 fully saturated rings. The van der Waals surface area contributed by atoms with Crippen molar-refractivity contribution in [3.8, 4) is 11.8 Å². The van der Waals surface area contributed by atoms with Crippen molar-refractivity contribution < 1.29 is 0 Å². The molecular weight excluding hydrogens is 132 g/mol. The van der Waals surface area contributed by atoms with E-state index in [2.05, 4.69) is 22.5 Å². The zero-order chi connectivity index (χ0) is 7.11. The second-order valence-corrected chi connectivity index (χ2v) is 1.77. The van der Waals surface area contributed by atoms with Gasteiger partial charge in [0.25, 0.3) is 0 Å². The Labute approximate surface area is 61.0 Å². The maximum Gasteiger partial charge on any atom is 0.166 e. The molecule has 0 heterocycles. The van der Waals surface area contributed by atoms with E-state index in [1.54, 1.807) is 14.0 Å². The summed E-state index contributed by atoms with van der Waals surface area (Å²) >= 11 is 4.78. The zero-order valence-electron chi connectivity index (χ0n) is 5.62. The topological polar surface area (TPSA) is 24.1 Å². The average molecular weight is 142 g/mol. The van der Waals surface area contributed by atoms with E-state index in [0.717, 1.165) is 0 Å². The molecule has 0 rings (SSSR count). The van der Waals surface area contributed by atoms with Crippen molar-refractivity contribution in [2.45, 2.75) is 6.92 Å². The van der Waals surface area contributed by atoms with Gasteiger partial charge in [0.05, 0.1) is 6.54 Å². The summed E-state index contributed by atoms with van der Waals surface area (Å²) in [6.07, 6.45) is 0. The van der Waals surface area contributed by atoms with Gasteiger partial charge in [-0.05, 0) is 19.1 Å². The minimum absolute atomic E-state index is 0.621. The van der Waals surface area contributed by atoms with Gasteiger partial charge < -0.3 is 10.6 Å². The molecule has 0 amide bonds. The molecule has 0 aliphatic rings. The van der Waals surface area contributed by atoms with Gasteiger partial charge in [0.2, 0.25) is 0 Å². The van der Waals surface area contributed by atoms with E-state index >= 15 is 0 Å². The molecule has 0 saturated heterocycles. The summed E-state index contributed by atoms with van der Waals surface area (Å²) in [5.74, 6) is 5.57. The highest BCUT2D eigenvalue weighted by Crippen LogP contribution is 1.60. The van der Waals surface area contributed by atoms with Crippen LogP contribution in [0.1, 0.15) is 6.92 Å². The molecule has 0 unspecified atom stereocenters. The molecule has 2 nitrogen and oxygen atoms in total. The minimum atomic E-state index is 0.621. The maximum absolute atomic E-state index is 4.78. The van der Waals surface area contributed by atoms with E-state index in [9.17, 15) is 0 Å². The zero-order valence-corrected chi connectivity index (χ0v) is 6.43. The van der Waals surface area contributed by atoms with E-state index < -0.39 is 0 Å². The SMILES string of the molecule is CC#CCNC(=S)NC. The third-order valence-electron chi connectivity index (χ3n) is 0.741. The van der Waals surface area contributed by atoms with Crippen molar-refractivity contribution in [1.29, 1.82) is 0 Å². The summed E-state index contributed by atoms with van der Waals surface area (Å²) in [6.45, 7) is 2.42. The molecule has 0 bridgehead atoms. The van der Waals surface area contributed by atoms with Crippen LogP contribution in [0.3, 0.4) is 0 Å². The quantitative estimate of drug-likeness (QED) is 0.401. The van der Waals surface area contributed by atoms with Crippen LogP contribution in [-0.4, -0.2) is 18.7 Å². The van der Waals surface area contributed by atoms with Gasteiger partial charge >= 0.3 is 0 Å². The molecule has 2 N–H and O–H groups in total. The summed E-state index contributed by atoms with van der Waals surface area (Å²) < 4.78 is 0. The Kier molecular flexibility index (Phi) is 4.94. The van der Waals surface area contributed by atoms with E-state index in [1.165, 1.54) is 0 Å². The Hall–Kier alpha value is -0.750. The number of thiocarbonyl (C=S) groups is 1. The van der Waals surface area contributed by atoms with Crippen LogP contribution in [0.15, 0.2) is 0 Å². The first kappa shape index (κ1) is 8.25.